The first-order valence-corrected chi connectivity index (χ1v) is 9.64. The van der Waals surface area contributed by atoms with Gasteiger partial charge in [0.05, 0.1) is 22.0 Å². The van der Waals surface area contributed by atoms with Crippen LogP contribution in [0.1, 0.15) is 29.8 Å². The Morgan fingerprint density at radius 2 is 1.30 bits per heavy atom. The Kier molecular flexibility index (Phi) is 8.32. The largest absolute Gasteiger partial charge is 0.416 e. The molecule has 3 aromatic rings. The molecular formula is C22H15ClF7NO2. The smallest absolute Gasteiger partial charge is 0.345 e. The molecule has 0 radical (unpaired) electrons. The van der Waals surface area contributed by atoms with Crippen LogP contribution < -0.4 is 10.1 Å². The fourth-order valence-corrected chi connectivity index (χ4v) is 2.79. The normalized spacial score (nSPS) is 10.4. The maximum absolute atomic E-state index is 13.8. The van der Waals surface area contributed by atoms with Gasteiger partial charge in [-0.1, -0.05) is 31.5 Å². The summed E-state index contributed by atoms with van der Waals surface area (Å²) in [5.74, 6) is -18.6. The van der Waals surface area contributed by atoms with E-state index in [0.717, 1.165) is 5.56 Å². The van der Waals surface area contributed by atoms with Gasteiger partial charge in [0.15, 0.2) is 11.6 Å². The van der Waals surface area contributed by atoms with Gasteiger partial charge < -0.3 is 10.1 Å². The molecule has 176 valence electrons. The number of ether oxygens (including phenoxy) is 1. The number of hydrogen-bond acceptors (Lipinski definition) is 3. The van der Waals surface area contributed by atoms with E-state index >= 15 is 0 Å². The highest BCUT2D eigenvalue weighted by Gasteiger charge is 2.30. The highest BCUT2D eigenvalue weighted by molar-refractivity contribution is 6.33. The first kappa shape index (κ1) is 26.0. The lowest BCUT2D eigenvalue weighted by Gasteiger charge is -2.14. The van der Waals surface area contributed by atoms with Gasteiger partial charge in [-0.15, -0.1) is 0 Å². The van der Waals surface area contributed by atoms with Gasteiger partial charge in [0.25, 0.3) is 0 Å². The van der Waals surface area contributed by atoms with E-state index in [-0.39, 0.29) is 10.7 Å². The van der Waals surface area contributed by atoms with Gasteiger partial charge in [-0.05, 0) is 30.7 Å². The molecule has 0 saturated heterocycles. The summed E-state index contributed by atoms with van der Waals surface area (Å²) in [6, 6.07) is 5.41. The maximum Gasteiger partial charge on any atom is 0.345 e. The number of carbonyl (C=O) groups is 1. The van der Waals surface area contributed by atoms with Crippen LogP contribution in [-0.2, 0) is 0 Å². The fraction of sp³-hybridized carbons (Fsp3) is 0.136. The van der Waals surface area contributed by atoms with Crippen LogP contribution >= 0.6 is 11.6 Å². The molecular weight excluding hydrogens is 479 g/mol. The van der Waals surface area contributed by atoms with Crippen LogP contribution in [0.2, 0.25) is 5.02 Å². The molecule has 3 aromatic carbocycles. The molecule has 11 heteroatoms. The second kappa shape index (κ2) is 10.6. The quantitative estimate of drug-likeness (QED) is 0.134. The molecule has 0 aromatic heterocycles. The van der Waals surface area contributed by atoms with E-state index in [1.165, 1.54) is 12.1 Å². The number of aryl methyl sites for hydroxylation is 1. The van der Waals surface area contributed by atoms with Crippen LogP contribution in [0, 0.1) is 47.6 Å². The third-order valence-electron chi connectivity index (χ3n) is 4.04. The van der Waals surface area contributed by atoms with Crippen molar-refractivity contribution in [3.63, 3.8) is 0 Å². The Balaban J connectivity index is 0.00000187. The van der Waals surface area contributed by atoms with E-state index in [1.54, 1.807) is 13.0 Å². The van der Waals surface area contributed by atoms with Crippen molar-refractivity contribution in [2.75, 3.05) is 5.32 Å². The number of halogens is 8. The molecule has 0 atom stereocenters. The second-order valence-corrected chi connectivity index (χ2v) is 6.62. The molecule has 33 heavy (non-hydrogen) atoms. The minimum Gasteiger partial charge on any atom is -0.416 e. The number of anilines is 2. The minimum atomic E-state index is -2.46. The first-order chi connectivity index (χ1) is 15.5. The Morgan fingerprint density at radius 1 is 0.788 bits per heavy atom. The lowest BCUT2D eigenvalue weighted by molar-refractivity contribution is 0.0716. The molecule has 0 aliphatic rings. The zero-order valence-corrected chi connectivity index (χ0v) is 18.0. The Hall–Kier alpha value is -3.27. The summed E-state index contributed by atoms with van der Waals surface area (Å²) >= 11 is 6.04. The molecule has 0 spiro atoms. The van der Waals surface area contributed by atoms with E-state index in [1.807, 2.05) is 13.8 Å². The van der Waals surface area contributed by atoms with Crippen molar-refractivity contribution in [1.29, 1.82) is 0 Å². The summed E-state index contributed by atoms with van der Waals surface area (Å²) in [4.78, 5) is 12.4. The van der Waals surface area contributed by atoms with Crippen LogP contribution in [0.4, 0.5) is 42.1 Å². The van der Waals surface area contributed by atoms with E-state index in [0.29, 0.717) is 12.1 Å². The summed E-state index contributed by atoms with van der Waals surface area (Å²) in [5, 5.41) is 2.66. The molecule has 0 aliphatic heterocycles. The monoisotopic (exact) mass is 493 g/mol. The number of carbonyl (C=O) groups excluding carboxylic acids is 1. The number of esters is 1. The second-order valence-electron chi connectivity index (χ2n) is 6.21. The third kappa shape index (κ3) is 5.39. The van der Waals surface area contributed by atoms with Gasteiger partial charge in [-0.3, -0.25) is 0 Å². The average Bonchev–Trinajstić information content (AvgIpc) is 2.79. The average molecular weight is 494 g/mol. The van der Waals surface area contributed by atoms with Gasteiger partial charge >= 0.3 is 5.97 Å². The van der Waals surface area contributed by atoms with Crippen molar-refractivity contribution in [2.24, 2.45) is 0 Å². The number of rotatable bonds is 4. The van der Waals surface area contributed by atoms with Crippen molar-refractivity contribution in [3.8, 4) is 5.75 Å². The third-order valence-corrected chi connectivity index (χ3v) is 4.35. The van der Waals surface area contributed by atoms with Crippen LogP contribution in [0.15, 0.2) is 30.3 Å². The van der Waals surface area contributed by atoms with Crippen LogP contribution in [0.5, 0.6) is 5.75 Å². The van der Waals surface area contributed by atoms with E-state index < -0.39 is 63.7 Å². The lowest BCUT2D eigenvalue weighted by atomic mass is 10.1. The lowest BCUT2D eigenvalue weighted by Crippen LogP contribution is -2.16. The topological polar surface area (TPSA) is 38.3 Å². The molecule has 0 amide bonds. The van der Waals surface area contributed by atoms with Crippen molar-refractivity contribution in [1.82, 2.24) is 0 Å². The molecule has 1 N–H and O–H groups in total. The van der Waals surface area contributed by atoms with Gasteiger partial charge in [0.1, 0.15) is 0 Å². The Morgan fingerprint density at radius 3 is 1.85 bits per heavy atom. The van der Waals surface area contributed by atoms with Crippen molar-refractivity contribution < 1.29 is 40.3 Å². The van der Waals surface area contributed by atoms with E-state index in [2.05, 4.69) is 10.1 Å². The Bertz CT molecular complexity index is 1190. The fourth-order valence-electron chi connectivity index (χ4n) is 2.51. The zero-order valence-electron chi connectivity index (χ0n) is 17.2. The molecule has 0 unspecified atom stereocenters. The van der Waals surface area contributed by atoms with Crippen LogP contribution in [0.3, 0.4) is 0 Å². The van der Waals surface area contributed by atoms with Gasteiger partial charge in [0, 0.05) is 6.07 Å². The standard InChI is InChI=1S/C20H9ClF7NO2.C2H6/c1-7-2-3-12(9(21)4-7)29-13-6-11(23)10(22)5-8(13)20(30)31-19-17(27)15(25)14(24)16(26)18(19)28;1-2/h2-6,29H,1H3;1-2H3. The summed E-state index contributed by atoms with van der Waals surface area (Å²) < 4.78 is 99.1. The highest BCUT2D eigenvalue weighted by atomic mass is 35.5. The molecule has 0 bridgehead atoms. The molecule has 3 nitrogen and oxygen atoms in total. The number of benzene rings is 3. The molecule has 0 heterocycles. The van der Waals surface area contributed by atoms with Gasteiger partial charge in [-0.2, -0.15) is 8.78 Å². The molecule has 0 aliphatic carbocycles. The number of hydrogen-bond donors (Lipinski definition) is 1. The van der Waals surface area contributed by atoms with Crippen LogP contribution in [-0.4, -0.2) is 5.97 Å². The van der Waals surface area contributed by atoms with Crippen LogP contribution in [0.25, 0.3) is 0 Å². The summed E-state index contributed by atoms with van der Waals surface area (Å²) in [5.41, 5.74) is -0.353. The summed E-state index contributed by atoms with van der Waals surface area (Å²) in [7, 11) is 0. The van der Waals surface area contributed by atoms with Crippen molar-refractivity contribution in [2.45, 2.75) is 20.8 Å². The summed E-state index contributed by atoms with van der Waals surface area (Å²) in [6.45, 7) is 5.72. The highest BCUT2D eigenvalue weighted by Crippen LogP contribution is 2.33. The predicted octanol–water partition coefficient (Wildman–Crippen LogP) is 7.61. The predicted molar refractivity (Wildman–Crippen MR) is 108 cm³/mol. The van der Waals surface area contributed by atoms with Gasteiger partial charge in [-0.25, -0.2) is 26.7 Å². The van der Waals surface area contributed by atoms with Crippen molar-refractivity contribution in [3.05, 3.63) is 87.2 Å². The first-order valence-electron chi connectivity index (χ1n) is 9.27. The Labute approximate surface area is 188 Å². The van der Waals surface area contributed by atoms with Gasteiger partial charge in [0.2, 0.25) is 34.8 Å². The minimum absolute atomic E-state index is 0.129. The molecule has 0 saturated carbocycles. The number of nitrogens with one attached hydrogen (secondary N) is 1. The van der Waals surface area contributed by atoms with E-state index in [9.17, 15) is 35.5 Å². The van der Waals surface area contributed by atoms with Crippen molar-refractivity contribution >= 4 is 28.9 Å². The maximum atomic E-state index is 13.8. The molecule has 0 fully saturated rings. The SMILES string of the molecule is CC.Cc1ccc(Nc2cc(F)c(F)cc2C(=O)Oc2c(F)c(F)c(F)c(F)c2F)c(Cl)c1. The summed E-state index contributed by atoms with van der Waals surface area (Å²) in [6.07, 6.45) is 0. The van der Waals surface area contributed by atoms with E-state index in [4.69, 9.17) is 11.6 Å². The molecule has 3 rings (SSSR count). The zero-order chi connectivity index (χ0) is 25.0.